The van der Waals surface area contributed by atoms with Crippen LogP contribution < -0.4 is 5.01 Å². The molecule has 0 radical (unpaired) electrons. The van der Waals surface area contributed by atoms with Gasteiger partial charge in [0.15, 0.2) is 0 Å². The Morgan fingerprint density at radius 2 is 1.58 bits per heavy atom. The van der Waals surface area contributed by atoms with E-state index in [4.69, 9.17) is 0 Å². The van der Waals surface area contributed by atoms with Gasteiger partial charge in [-0.2, -0.15) is 5.01 Å². The zero-order valence-electron chi connectivity index (χ0n) is 10.6. The van der Waals surface area contributed by atoms with E-state index in [9.17, 15) is 5.11 Å². The highest BCUT2D eigenvalue weighted by Gasteiger charge is 2.08. The second kappa shape index (κ2) is 6.35. The van der Waals surface area contributed by atoms with Gasteiger partial charge in [-0.25, -0.2) is 0 Å². The maximum Gasteiger partial charge on any atom is 0.209 e. The standard InChI is InChI=1S/C15H15N3O/c1-2-15(19)18(14-11-7-4-8-12-14)17-16-13-9-5-3-6-10-13/h2-12,19H,1H3/b15-2+,17-16?. The van der Waals surface area contributed by atoms with E-state index in [0.717, 1.165) is 11.4 Å². The van der Waals surface area contributed by atoms with E-state index >= 15 is 0 Å². The molecular weight excluding hydrogens is 238 g/mol. The van der Waals surface area contributed by atoms with Gasteiger partial charge in [0.05, 0.1) is 11.4 Å². The van der Waals surface area contributed by atoms with Crippen LogP contribution in [0.3, 0.4) is 0 Å². The summed E-state index contributed by atoms with van der Waals surface area (Å²) in [6, 6.07) is 18.7. The molecule has 0 amide bonds. The summed E-state index contributed by atoms with van der Waals surface area (Å²) in [7, 11) is 0. The van der Waals surface area contributed by atoms with Crippen LogP contribution in [0.5, 0.6) is 0 Å². The largest absolute Gasteiger partial charge is 0.493 e. The van der Waals surface area contributed by atoms with Crippen LogP contribution in [0.25, 0.3) is 0 Å². The Morgan fingerprint density at radius 1 is 1.00 bits per heavy atom. The first-order valence-corrected chi connectivity index (χ1v) is 5.98. The first kappa shape index (κ1) is 12.8. The number of aliphatic hydroxyl groups excluding tert-OH is 1. The lowest BCUT2D eigenvalue weighted by Crippen LogP contribution is -2.14. The molecule has 0 bridgehead atoms. The fraction of sp³-hybridized carbons (Fsp3) is 0.0667. The van der Waals surface area contributed by atoms with Gasteiger partial charge in [-0.1, -0.05) is 41.6 Å². The number of anilines is 1. The molecule has 0 spiro atoms. The molecule has 2 aromatic rings. The highest BCUT2D eigenvalue weighted by Crippen LogP contribution is 2.20. The van der Waals surface area contributed by atoms with Gasteiger partial charge < -0.3 is 5.11 Å². The predicted octanol–water partition coefficient (Wildman–Crippen LogP) is 4.61. The Labute approximate surface area is 112 Å². The molecule has 2 rings (SSSR count). The number of nitrogens with zero attached hydrogens (tertiary/aromatic N) is 3. The molecule has 0 atom stereocenters. The van der Waals surface area contributed by atoms with Crippen molar-refractivity contribution in [2.45, 2.75) is 6.92 Å². The Balaban J connectivity index is 2.28. The molecule has 19 heavy (non-hydrogen) atoms. The third kappa shape index (κ3) is 3.42. The molecule has 0 aliphatic heterocycles. The quantitative estimate of drug-likeness (QED) is 0.491. The second-order valence-corrected chi connectivity index (χ2v) is 3.82. The summed E-state index contributed by atoms with van der Waals surface area (Å²) >= 11 is 0. The number of para-hydroxylation sites is 1. The fourth-order valence-corrected chi connectivity index (χ4v) is 1.51. The van der Waals surface area contributed by atoms with Gasteiger partial charge >= 0.3 is 0 Å². The second-order valence-electron chi connectivity index (χ2n) is 3.82. The summed E-state index contributed by atoms with van der Waals surface area (Å²) in [5.41, 5.74) is 1.48. The number of aliphatic hydroxyl groups is 1. The summed E-state index contributed by atoms with van der Waals surface area (Å²) in [5.74, 6) is 0.0332. The number of allylic oxidation sites excluding steroid dienone is 1. The van der Waals surface area contributed by atoms with Crippen LogP contribution in [0.4, 0.5) is 11.4 Å². The smallest absolute Gasteiger partial charge is 0.209 e. The topological polar surface area (TPSA) is 48.2 Å². The van der Waals surface area contributed by atoms with Crippen molar-refractivity contribution in [3.63, 3.8) is 0 Å². The third-order valence-corrected chi connectivity index (χ3v) is 2.48. The van der Waals surface area contributed by atoms with Crippen molar-refractivity contribution in [2.24, 2.45) is 10.3 Å². The van der Waals surface area contributed by atoms with Crippen molar-refractivity contribution in [1.29, 1.82) is 0 Å². The predicted molar refractivity (Wildman–Crippen MR) is 76.3 cm³/mol. The molecule has 0 aromatic heterocycles. The van der Waals surface area contributed by atoms with E-state index in [1.165, 1.54) is 5.01 Å². The Kier molecular flexibility index (Phi) is 4.29. The lowest BCUT2D eigenvalue weighted by molar-refractivity contribution is 0.388. The van der Waals surface area contributed by atoms with Gasteiger partial charge in [0.2, 0.25) is 5.88 Å². The molecule has 4 nitrogen and oxygen atoms in total. The minimum absolute atomic E-state index is 0.0332. The lowest BCUT2D eigenvalue weighted by atomic mass is 10.3. The highest BCUT2D eigenvalue weighted by atomic mass is 16.3. The average molecular weight is 253 g/mol. The average Bonchev–Trinajstić information content (AvgIpc) is 2.49. The molecule has 4 heteroatoms. The van der Waals surface area contributed by atoms with E-state index in [-0.39, 0.29) is 5.88 Å². The molecule has 0 saturated heterocycles. The molecule has 0 unspecified atom stereocenters. The zero-order chi connectivity index (χ0) is 13.5. The molecule has 1 N–H and O–H groups in total. The lowest BCUT2D eigenvalue weighted by Gasteiger charge is -2.15. The van der Waals surface area contributed by atoms with E-state index < -0.39 is 0 Å². The number of rotatable bonds is 4. The Hall–Kier alpha value is -2.62. The summed E-state index contributed by atoms with van der Waals surface area (Å²) in [5, 5.41) is 19.4. The highest BCUT2D eigenvalue weighted by molar-refractivity contribution is 5.49. The number of benzene rings is 2. The van der Waals surface area contributed by atoms with Crippen molar-refractivity contribution in [3.05, 3.63) is 72.6 Å². The van der Waals surface area contributed by atoms with E-state index in [0.29, 0.717) is 0 Å². The van der Waals surface area contributed by atoms with Crippen LogP contribution in [-0.2, 0) is 0 Å². The molecule has 0 heterocycles. The monoisotopic (exact) mass is 253 g/mol. The van der Waals surface area contributed by atoms with Gasteiger partial charge in [0.1, 0.15) is 0 Å². The van der Waals surface area contributed by atoms with Crippen LogP contribution in [0, 0.1) is 0 Å². The zero-order valence-corrected chi connectivity index (χ0v) is 10.6. The first-order valence-electron chi connectivity index (χ1n) is 5.98. The number of hydrogen-bond donors (Lipinski definition) is 1. The minimum atomic E-state index is 0.0332. The van der Waals surface area contributed by atoms with Gasteiger partial charge in [-0.3, -0.25) is 0 Å². The molecule has 2 aromatic carbocycles. The SMILES string of the molecule is C/C=C(/O)N(N=Nc1ccccc1)c1ccccc1. The van der Waals surface area contributed by atoms with Gasteiger partial charge in [0.25, 0.3) is 0 Å². The van der Waals surface area contributed by atoms with Crippen molar-refractivity contribution >= 4 is 11.4 Å². The Bertz CT molecular complexity index is 564. The van der Waals surface area contributed by atoms with Crippen LogP contribution in [0.15, 0.2) is 83.0 Å². The summed E-state index contributed by atoms with van der Waals surface area (Å²) in [6.07, 6.45) is 1.57. The van der Waals surface area contributed by atoms with Crippen LogP contribution in [0.1, 0.15) is 6.92 Å². The van der Waals surface area contributed by atoms with Crippen LogP contribution in [0.2, 0.25) is 0 Å². The summed E-state index contributed by atoms with van der Waals surface area (Å²) in [4.78, 5) is 0. The van der Waals surface area contributed by atoms with Crippen molar-refractivity contribution in [2.75, 3.05) is 5.01 Å². The summed E-state index contributed by atoms with van der Waals surface area (Å²) in [6.45, 7) is 1.74. The van der Waals surface area contributed by atoms with Gasteiger partial charge in [0, 0.05) is 0 Å². The van der Waals surface area contributed by atoms with E-state index in [2.05, 4.69) is 10.3 Å². The molecule has 96 valence electrons. The molecule has 0 saturated carbocycles. The van der Waals surface area contributed by atoms with Crippen LogP contribution >= 0.6 is 0 Å². The van der Waals surface area contributed by atoms with Gasteiger partial charge in [-0.05, 0) is 37.3 Å². The normalized spacial score (nSPS) is 11.7. The summed E-state index contributed by atoms with van der Waals surface area (Å²) < 4.78 is 0. The Morgan fingerprint density at radius 3 is 2.16 bits per heavy atom. The number of hydrogen-bond acceptors (Lipinski definition) is 3. The maximum absolute atomic E-state index is 9.88. The van der Waals surface area contributed by atoms with Crippen molar-refractivity contribution < 1.29 is 5.11 Å². The third-order valence-electron chi connectivity index (χ3n) is 2.48. The molecule has 0 fully saturated rings. The maximum atomic E-state index is 9.88. The fourth-order valence-electron chi connectivity index (χ4n) is 1.51. The molecule has 0 aliphatic carbocycles. The van der Waals surface area contributed by atoms with Crippen molar-refractivity contribution in [3.8, 4) is 0 Å². The molecule has 0 aliphatic rings. The van der Waals surface area contributed by atoms with Crippen LogP contribution in [-0.4, -0.2) is 5.11 Å². The minimum Gasteiger partial charge on any atom is -0.493 e. The van der Waals surface area contributed by atoms with E-state index in [1.807, 2.05) is 60.7 Å². The molecular formula is C15H15N3O. The van der Waals surface area contributed by atoms with Crippen molar-refractivity contribution in [1.82, 2.24) is 0 Å². The van der Waals surface area contributed by atoms with Gasteiger partial charge in [-0.15, -0.1) is 5.11 Å². The van der Waals surface area contributed by atoms with E-state index in [1.54, 1.807) is 13.0 Å². The first-order chi connectivity index (χ1) is 9.31.